The van der Waals surface area contributed by atoms with Crippen LogP contribution >= 0.6 is 0 Å². The van der Waals surface area contributed by atoms with Crippen molar-refractivity contribution in [3.8, 4) is 0 Å². The molecule has 3 nitrogen and oxygen atoms in total. The van der Waals surface area contributed by atoms with Crippen molar-refractivity contribution in [3.63, 3.8) is 0 Å². The van der Waals surface area contributed by atoms with E-state index in [-0.39, 0.29) is 5.41 Å². The van der Waals surface area contributed by atoms with Crippen LogP contribution in [0.5, 0.6) is 0 Å². The highest BCUT2D eigenvalue weighted by Gasteiger charge is 2.45. The zero-order valence-electron chi connectivity index (χ0n) is 13.3. The van der Waals surface area contributed by atoms with Crippen molar-refractivity contribution >= 4 is 5.97 Å². The van der Waals surface area contributed by atoms with Crippen LogP contribution in [0.15, 0.2) is 0 Å². The summed E-state index contributed by atoms with van der Waals surface area (Å²) in [5.41, 5.74) is -0.332. The summed E-state index contributed by atoms with van der Waals surface area (Å²) in [7, 11) is 0. The van der Waals surface area contributed by atoms with Crippen LogP contribution in [0, 0.1) is 11.3 Å². The molecule has 0 spiro atoms. The van der Waals surface area contributed by atoms with Crippen molar-refractivity contribution in [3.05, 3.63) is 0 Å². The zero-order chi connectivity index (χ0) is 14.7. The first kappa shape index (κ1) is 16.5. The van der Waals surface area contributed by atoms with E-state index >= 15 is 0 Å². The lowest BCUT2D eigenvalue weighted by atomic mass is 9.76. The number of aliphatic carboxylic acids is 1. The van der Waals surface area contributed by atoms with Gasteiger partial charge in [-0.05, 0) is 50.1 Å². The lowest BCUT2D eigenvalue weighted by Gasteiger charge is -2.39. The smallest absolute Gasteiger partial charge is 0.324 e. The molecule has 0 bridgehead atoms. The standard InChI is InChI=1S/C16H31NO2/c1-6-17(7-2)16(14(18)19)11-8-9-13(10-12-16)15(3,4)5/h13H,6-12H2,1-5H3,(H,18,19). The quantitative estimate of drug-likeness (QED) is 0.790. The summed E-state index contributed by atoms with van der Waals surface area (Å²) in [5.74, 6) is 0.0232. The molecular formula is C16H31NO2. The minimum Gasteiger partial charge on any atom is -0.480 e. The van der Waals surface area contributed by atoms with Gasteiger partial charge in [-0.2, -0.15) is 0 Å². The number of carboxylic acid groups (broad SMARTS) is 1. The third-order valence-electron chi connectivity index (χ3n) is 5.04. The summed E-state index contributed by atoms with van der Waals surface area (Å²) >= 11 is 0. The summed E-state index contributed by atoms with van der Waals surface area (Å²) in [6, 6.07) is 0. The van der Waals surface area contributed by atoms with Gasteiger partial charge in [-0.1, -0.05) is 41.0 Å². The Balaban J connectivity index is 2.94. The van der Waals surface area contributed by atoms with Crippen LogP contribution in [0.2, 0.25) is 0 Å². The molecule has 2 atom stereocenters. The Morgan fingerprint density at radius 1 is 1.21 bits per heavy atom. The minimum absolute atomic E-state index is 0.290. The summed E-state index contributed by atoms with van der Waals surface area (Å²) in [6.07, 6.45) is 4.83. The van der Waals surface area contributed by atoms with Gasteiger partial charge in [-0.25, -0.2) is 0 Å². The average Bonchev–Trinajstić information content (AvgIpc) is 2.54. The molecule has 0 aromatic rings. The normalized spacial score (nSPS) is 29.3. The van der Waals surface area contributed by atoms with E-state index in [0.29, 0.717) is 5.92 Å². The SMILES string of the molecule is CCN(CC)C1(C(=O)O)CCCC(C(C)(C)C)CC1. The number of hydrogen-bond acceptors (Lipinski definition) is 2. The van der Waals surface area contributed by atoms with Gasteiger partial charge in [0.25, 0.3) is 0 Å². The third-order valence-corrected chi connectivity index (χ3v) is 5.04. The first-order valence-corrected chi connectivity index (χ1v) is 7.76. The van der Waals surface area contributed by atoms with Crippen LogP contribution < -0.4 is 0 Å². The molecule has 0 saturated heterocycles. The maximum absolute atomic E-state index is 11.9. The fourth-order valence-corrected chi connectivity index (χ4v) is 3.68. The molecule has 1 aliphatic carbocycles. The number of rotatable bonds is 4. The van der Waals surface area contributed by atoms with Gasteiger partial charge in [0, 0.05) is 0 Å². The van der Waals surface area contributed by atoms with E-state index in [1.54, 1.807) is 0 Å². The van der Waals surface area contributed by atoms with Crippen LogP contribution in [-0.2, 0) is 4.79 Å². The molecule has 0 amide bonds. The second-order valence-corrected chi connectivity index (χ2v) is 7.00. The van der Waals surface area contributed by atoms with Crippen LogP contribution in [0.1, 0.15) is 66.7 Å². The molecule has 0 aliphatic heterocycles. The molecule has 1 saturated carbocycles. The van der Waals surface area contributed by atoms with Gasteiger partial charge in [-0.15, -0.1) is 0 Å². The Kier molecular flexibility index (Phi) is 5.43. The van der Waals surface area contributed by atoms with Crippen molar-refractivity contribution < 1.29 is 9.90 Å². The molecule has 19 heavy (non-hydrogen) atoms. The Hall–Kier alpha value is -0.570. The van der Waals surface area contributed by atoms with E-state index in [0.717, 1.165) is 38.8 Å². The second kappa shape index (κ2) is 6.25. The first-order chi connectivity index (χ1) is 8.78. The maximum Gasteiger partial charge on any atom is 0.324 e. The van der Waals surface area contributed by atoms with E-state index in [9.17, 15) is 9.90 Å². The topological polar surface area (TPSA) is 40.5 Å². The number of carboxylic acids is 1. The Labute approximate surface area is 118 Å². The summed E-state index contributed by atoms with van der Waals surface area (Å²) in [6.45, 7) is 12.6. The molecule has 2 unspecified atom stereocenters. The van der Waals surface area contributed by atoms with E-state index in [4.69, 9.17) is 0 Å². The highest BCUT2D eigenvalue weighted by molar-refractivity contribution is 5.78. The summed E-state index contributed by atoms with van der Waals surface area (Å²) in [4.78, 5) is 14.1. The fourth-order valence-electron chi connectivity index (χ4n) is 3.68. The molecule has 0 radical (unpaired) electrons. The molecule has 1 aliphatic rings. The van der Waals surface area contributed by atoms with Crippen molar-refractivity contribution in [1.29, 1.82) is 0 Å². The van der Waals surface area contributed by atoms with E-state index in [2.05, 4.69) is 39.5 Å². The monoisotopic (exact) mass is 269 g/mol. The van der Waals surface area contributed by atoms with Gasteiger partial charge in [0.05, 0.1) is 0 Å². The maximum atomic E-state index is 11.9. The predicted octanol–water partition coefficient (Wildman–Crippen LogP) is 3.78. The van der Waals surface area contributed by atoms with Crippen molar-refractivity contribution in [2.75, 3.05) is 13.1 Å². The second-order valence-electron chi connectivity index (χ2n) is 7.00. The van der Waals surface area contributed by atoms with E-state index in [1.165, 1.54) is 6.42 Å². The molecule has 112 valence electrons. The molecular weight excluding hydrogens is 238 g/mol. The van der Waals surface area contributed by atoms with Crippen LogP contribution in [0.3, 0.4) is 0 Å². The number of carbonyl (C=O) groups is 1. The van der Waals surface area contributed by atoms with Gasteiger partial charge >= 0.3 is 5.97 Å². The summed E-state index contributed by atoms with van der Waals surface area (Å²) < 4.78 is 0. The van der Waals surface area contributed by atoms with Gasteiger partial charge in [-0.3, -0.25) is 9.69 Å². The fraction of sp³-hybridized carbons (Fsp3) is 0.938. The molecule has 0 aromatic heterocycles. The van der Waals surface area contributed by atoms with Gasteiger partial charge in [0.1, 0.15) is 5.54 Å². The summed E-state index contributed by atoms with van der Waals surface area (Å²) in [5, 5.41) is 9.79. The van der Waals surface area contributed by atoms with Gasteiger partial charge in [0.2, 0.25) is 0 Å². The number of nitrogens with zero attached hydrogens (tertiary/aromatic N) is 1. The molecule has 1 fully saturated rings. The molecule has 3 heteroatoms. The van der Waals surface area contributed by atoms with Crippen molar-refractivity contribution in [2.45, 2.75) is 72.3 Å². The van der Waals surface area contributed by atoms with Crippen LogP contribution in [0.25, 0.3) is 0 Å². The largest absolute Gasteiger partial charge is 0.480 e. The highest BCUT2D eigenvalue weighted by Crippen LogP contribution is 2.41. The predicted molar refractivity (Wildman–Crippen MR) is 79.3 cm³/mol. The Morgan fingerprint density at radius 2 is 1.79 bits per heavy atom. The van der Waals surface area contributed by atoms with E-state index < -0.39 is 11.5 Å². The third kappa shape index (κ3) is 3.50. The molecule has 0 heterocycles. The van der Waals surface area contributed by atoms with Crippen molar-refractivity contribution in [1.82, 2.24) is 4.90 Å². The van der Waals surface area contributed by atoms with Gasteiger partial charge in [0.15, 0.2) is 0 Å². The zero-order valence-corrected chi connectivity index (χ0v) is 13.3. The lowest BCUT2D eigenvalue weighted by molar-refractivity contribution is -0.152. The Bertz CT molecular complexity index is 304. The Morgan fingerprint density at radius 3 is 2.21 bits per heavy atom. The number of hydrogen-bond donors (Lipinski definition) is 1. The first-order valence-electron chi connectivity index (χ1n) is 7.76. The molecule has 0 aromatic carbocycles. The van der Waals surface area contributed by atoms with Crippen LogP contribution in [0.4, 0.5) is 0 Å². The minimum atomic E-state index is -0.622. The number of likely N-dealkylation sites (N-methyl/N-ethyl adjacent to an activating group) is 1. The highest BCUT2D eigenvalue weighted by atomic mass is 16.4. The molecule has 1 N–H and O–H groups in total. The van der Waals surface area contributed by atoms with E-state index in [1.807, 2.05) is 0 Å². The lowest BCUT2D eigenvalue weighted by Crippen LogP contribution is -2.54. The molecule has 1 rings (SSSR count). The van der Waals surface area contributed by atoms with Gasteiger partial charge < -0.3 is 5.11 Å². The average molecular weight is 269 g/mol. The van der Waals surface area contributed by atoms with Crippen LogP contribution in [-0.4, -0.2) is 34.6 Å². The van der Waals surface area contributed by atoms with Crippen molar-refractivity contribution in [2.24, 2.45) is 11.3 Å².